The normalized spacial score (nSPS) is 11.6. The lowest BCUT2D eigenvalue weighted by Crippen LogP contribution is -2.27. The first-order chi connectivity index (χ1) is 13.5. The first-order valence-electron chi connectivity index (χ1n) is 9.16. The van der Waals surface area contributed by atoms with Crippen LogP contribution in [0.1, 0.15) is 0 Å². The van der Waals surface area contributed by atoms with E-state index in [4.69, 9.17) is 9.47 Å². The summed E-state index contributed by atoms with van der Waals surface area (Å²) in [5.74, 6) is 1.15. The fourth-order valence-electron chi connectivity index (χ4n) is 3.68. The molecule has 0 fully saturated rings. The highest BCUT2D eigenvalue weighted by atomic mass is 16.5. The van der Waals surface area contributed by atoms with E-state index in [1.807, 2.05) is 49.0 Å². The second-order valence-corrected chi connectivity index (χ2v) is 7.04. The molecule has 0 radical (unpaired) electrons. The van der Waals surface area contributed by atoms with Crippen molar-refractivity contribution in [2.75, 3.05) is 34.9 Å². The van der Waals surface area contributed by atoms with Crippen molar-refractivity contribution in [1.29, 1.82) is 0 Å². The van der Waals surface area contributed by atoms with Crippen LogP contribution in [0.25, 0.3) is 32.6 Å². The molecule has 0 saturated heterocycles. The van der Waals surface area contributed by atoms with Gasteiger partial charge < -0.3 is 18.9 Å². The molecule has 0 bridgehead atoms. The molecule has 144 valence electrons. The minimum absolute atomic E-state index is 0.0401. The maximum atomic E-state index is 13.5. The summed E-state index contributed by atoms with van der Waals surface area (Å²) >= 11 is 0. The van der Waals surface area contributed by atoms with E-state index in [2.05, 4.69) is 9.88 Å². The zero-order valence-electron chi connectivity index (χ0n) is 16.5. The second kappa shape index (κ2) is 7.13. The van der Waals surface area contributed by atoms with E-state index < -0.39 is 0 Å². The number of benzene rings is 2. The fourth-order valence-corrected chi connectivity index (χ4v) is 3.68. The average molecular weight is 377 g/mol. The van der Waals surface area contributed by atoms with Crippen LogP contribution in [0.3, 0.4) is 0 Å². The van der Waals surface area contributed by atoms with E-state index in [1.165, 1.54) is 0 Å². The lowest BCUT2D eigenvalue weighted by Gasteiger charge is -2.18. The highest BCUT2D eigenvalue weighted by molar-refractivity contribution is 6.15. The second-order valence-electron chi connectivity index (χ2n) is 7.04. The Bertz CT molecular complexity index is 1240. The predicted octanol–water partition coefficient (Wildman–Crippen LogP) is 3.28. The molecular formula is C22H23N3O3. The monoisotopic (exact) mass is 377 g/mol. The molecule has 4 aromatic rings. The zero-order valence-corrected chi connectivity index (χ0v) is 16.5. The molecule has 0 unspecified atom stereocenters. The maximum absolute atomic E-state index is 13.5. The average Bonchev–Trinajstić information content (AvgIpc) is 2.72. The van der Waals surface area contributed by atoms with Crippen LogP contribution in [-0.4, -0.2) is 49.3 Å². The first kappa shape index (κ1) is 18.3. The molecule has 2 aromatic carbocycles. The van der Waals surface area contributed by atoms with Gasteiger partial charge in [-0.15, -0.1) is 0 Å². The number of hydrogen-bond acceptors (Lipinski definition) is 5. The molecule has 0 N–H and O–H groups in total. The van der Waals surface area contributed by atoms with Gasteiger partial charge in [-0.1, -0.05) is 6.07 Å². The van der Waals surface area contributed by atoms with Crippen LogP contribution in [-0.2, 0) is 6.54 Å². The fraction of sp³-hybridized carbons (Fsp3) is 0.273. The van der Waals surface area contributed by atoms with Gasteiger partial charge in [0.15, 0.2) is 11.5 Å². The van der Waals surface area contributed by atoms with Crippen LogP contribution in [0.15, 0.2) is 47.4 Å². The van der Waals surface area contributed by atoms with Gasteiger partial charge in [0, 0.05) is 35.4 Å². The summed E-state index contributed by atoms with van der Waals surface area (Å²) in [7, 11) is 7.18. The van der Waals surface area contributed by atoms with Crippen LogP contribution in [0.4, 0.5) is 0 Å². The number of likely N-dealkylation sites (N-methyl/N-ethyl adjacent to an activating group) is 1. The molecule has 0 aliphatic heterocycles. The predicted molar refractivity (Wildman–Crippen MR) is 113 cm³/mol. The molecule has 0 aliphatic rings. The van der Waals surface area contributed by atoms with Crippen molar-refractivity contribution >= 4 is 32.6 Å². The molecule has 2 aromatic heterocycles. The topological polar surface area (TPSA) is 56.6 Å². The summed E-state index contributed by atoms with van der Waals surface area (Å²) in [6.07, 6.45) is 1.77. The number of pyridine rings is 2. The van der Waals surface area contributed by atoms with Gasteiger partial charge in [0.25, 0.3) is 5.56 Å². The zero-order chi connectivity index (χ0) is 19.8. The van der Waals surface area contributed by atoms with Gasteiger partial charge in [0.05, 0.1) is 30.6 Å². The summed E-state index contributed by atoms with van der Waals surface area (Å²) in [5.41, 5.74) is 1.73. The van der Waals surface area contributed by atoms with Gasteiger partial charge >= 0.3 is 0 Å². The van der Waals surface area contributed by atoms with E-state index >= 15 is 0 Å². The van der Waals surface area contributed by atoms with Crippen molar-refractivity contribution in [3.63, 3.8) is 0 Å². The Hall–Kier alpha value is -3.12. The quantitative estimate of drug-likeness (QED) is 0.500. The minimum Gasteiger partial charge on any atom is -0.493 e. The van der Waals surface area contributed by atoms with Gasteiger partial charge in [0.2, 0.25) is 0 Å². The maximum Gasteiger partial charge on any atom is 0.259 e. The van der Waals surface area contributed by atoms with Gasteiger partial charge in [-0.2, -0.15) is 0 Å². The summed E-state index contributed by atoms with van der Waals surface area (Å²) in [6.45, 7) is 1.34. The van der Waals surface area contributed by atoms with Crippen LogP contribution in [0, 0.1) is 0 Å². The molecule has 0 aliphatic carbocycles. The number of hydrogen-bond donors (Lipinski definition) is 0. The number of methoxy groups -OCH3 is 2. The Labute approximate surface area is 162 Å². The number of aromatic nitrogens is 2. The number of nitrogens with zero attached hydrogens (tertiary/aromatic N) is 3. The molecular weight excluding hydrogens is 354 g/mol. The highest BCUT2D eigenvalue weighted by Gasteiger charge is 2.17. The number of fused-ring (bicyclic) bond motifs is 5. The molecule has 0 saturated carbocycles. The molecule has 2 heterocycles. The highest BCUT2D eigenvalue weighted by Crippen LogP contribution is 2.35. The number of rotatable bonds is 5. The van der Waals surface area contributed by atoms with Crippen molar-refractivity contribution in [3.8, 4) is 11.5 Å². The Morgan fingerprint density at radius 2 is 1.68 bits per heavy atom. The largest absolute Gasteiger partial charge is 0.493 e. The Balaban J connectivity index is 2.20. The summed E-state index contributed by atoms with van der Waals surface area (Å²) in [5, 5.41) is 3.43. The van der Waals surface area contributed by atoms with E-state index in [1.54, 1.807) is 26.5 Å². The summed E-state index contributed by atoms with van der Waals surface area (Å²) < 4.78 is 12.8. The van der Waals surface area contributed by atoms with E-state index in [0.717, 1.165) is 33.7 Å². The molecule has 0 atom stereocenters. The molecule has 0 spiro atoms. The third kappa shape index (κ3) is 2.86. The lowest BCUT2D eigenvalue weighted by atomic mass is 10.0. The van der Waals surface area contributed by atoms with E-state index in [9.17, 15) is 4.79 Å². The SMILES string of the molecule is COc1cc2c(=O)n(CCN(C)C)c3c4cccnc4ccc3c2cc1OC. The van der Waals surface area contributed by atoms with Gasteiger partial charge in [-0.05, 0) is 44.4 Å². The van der Waals surface area contributed by atoms with Gasteiger partial charge in [-0.25, -0.2) is 0 Å². The standard InChI is InChI=1S/C22H23N3O3/c1-24(2)10-11-25-21-14(7-8-18-15(21)6-5-9-23-18)16-12-19(27-3)20(28-4)13-17(16)22(25)26/h5-9,12-13H,10-11H2,1-4H3. The molecule has 4 rings (SSSR count). The molecule has 6 heteroatoms. The van der Waals surface area contributed by atoms with Crippen LogP contribution < -0.4 is 15.0 Å². The first-order valence-corrected chi connectivity index (χ1v) is 9.16. The lowest BCUT2D eigenvalue weighted by molar-refractivity contribution is 0.356. The van der Waals surface area contributed by atoms with Crippen molar-refractivity contribution < 1.29 is 9.47 Å². The summed E-state index contributed by atoms with van der Waals surface area (Å²) in [4.78, 5) is 20.0. The minimum atomic E-state index is -0.0401. The van der Waals surface area contributed by atoms with Gasteiger partial charge in [0.1, 0.15) is 0 Å². The molecule has 0 amide bonds. The van der Waals surface area contributed by atoms with Crippen LogP contribution in [0.2, 0.25) is 0 Å². The van der Waals surface area contributed by atoms with E-state index in [-0.39, 0.29) is 5.56 Å². The molecule has 28 heavy (non-hydrogen) atoms. The van der Waals surface area contributed by atoms with E-state index in [0.29, 0.717) is 23.4 Å². The van der Waals surface area contributed by atoms with Crippen LogP contribution in [0.5, 0.6) is 11.5 Å². The summed E-state index contributed by atoms with van der Waals surface area (Å²) in [6, 6.07) is 11.6. The Kier molecular flexibility index (Phi) is 4.65. The smallest absolute Gasteiger partial charge is 0.259 e. The third-order valence-corrected chi connectivity index (χ3v) is 5.09. The van der Waals surface area contributed by atoms with Crippen molar-refractivity contribution in [2.45, 2.75) is 6.54 Å². The van der Waals surface area contributed by atoms with Gasteiger partial charge in [-0.3, -0.25) is 9.78 Å². The van der Waals surface area contributed by atoms with Crippen molar-refractivity contribution in [2.24, 2.45) is 0 Å². The molecule has 6 nitrogen and oxygen atoms in total. The Morgan fingerprint density at radius 1 is 0.964 bits per heavy atom. The van der Waals surface area contributed by atoms with Crippen LogP contribution >= 0.6 is 0 Å². The van der Waals surface area contributed by atoms with Crippen molar-refractivity contribution in [1.82, 2.24) is 14.5 Å². The van der Waals surface area contributed by atoms with Crippen molar-refractivity contribution in [3.05, 3.63) is 52.9 Å². The third-order valence-electron chi connectivity index (χ3n) is 5.09. The Morgan fingerprint density at radius 3 is 2.36 bits per heavy atom. The number of ether oxygens (including phenoxy) is 2.